The Morgan fingerprint density at radius 1 is 0.941 bits per heavy atom. The van der Waals surface area contributed by atoms with Crippen LogP contribution in [0.3, 0.4) is 0 Å². The number of nitrogens with one attached hydrogen (secondary N) is 1. The molecule has 4 rings (SSSR count). The lowest BCUT2D eigenvalue weighted by atomic mass is 9.50. The van der Waals surface area contributed by atoms with Crippen molar-refractivity contribution in [2.75, 3.05) is 6.54 Å². The molecule has 0 amide bonds. The van der Waals surface area contributed by atoms with Gasteiger partial charge in [-0.25, -0.2) is 0 Å². The molecule has 0 aromatic heterocycles. The maximum Gasteiger partial charge on any atom is 0.121 e. The number of fused-ring (bicyclic) bond motifs is 1. The molecule has 3 spiro atoms. The molecule has 0 atom stereocenters. The molecule has 0 aromatic rings. The van der Waals surface area contributed by atoms with Gasteiger partial charge in [0.2, 0.25) is 0 Å². The first kappa shape index (κ1) is 10.8. The van der Waals surface area contributed by atoms with Crippen LogP contribution in [-0.2, 0) is 4.74 Å². The van der Waals surface area contributed by atoms with E-state index in [-0.39, 0.29) is 11.3 Å². The molecule has 2 heteroatoms. The molecule has 0 bridgehead atoms. The van der Waals surface area contributed by atoms with Crippen LogP contribution >= 0.6 is 0 Å². The molecular weight excluding hydrogens is 210 g/mol. The predicted octanol–water partition coefficient (Wildman–Crippen LogP) is 3.22. The van der Waals surface area contributed by atoms with E-state index < -0.39 is 0 Å². The third kappa shape index (κ3) is 1.24. The predicted molar refractivity (Wildman–Crippen MR) is 67.7 cm³/mol. The van der Waals surface area contributed by atoms with E-state index in [9.17, 15) is 0 Å². The van der Waals surface area contributed by atoms with Gasteiger partial charge in [-0.1, -0.05) is 20.3 Å². The highest BCUT2D eigenvalue weighted by atomic mass is 16.5. The standard InChI is InChI=1S/C15H25NO/c1-12(2)9-15(10-12)16-11-13(5-3-6-13)14(17-15)7-4-8-14/h16H,3-11H2,1-2H3. The highest BCUT2D eigenvalue weighted by molar-refractivity contribution is 5.16. The SMILES string of the molecule is CC1(C)CC2(C1)NCC1(CCC1)C1(CCC1)O2. The molecule has 3 saturated carbocycles. The third-order valence-corrected chi connectivity index (χ3v) is 6.11. The van der Waals surface area contributed by atoms with Crippen LogP contribution in [0.25, 0.3) is 0 Å². The highest BCUT2D eigenvalue weighted by Crippen LogP contribution is 2.65. The van der Waals surface area contributed by atoms with E-state index in [1.54, 1.807) is 0 Å². The summed E-state index contributed by atoms with van der Waals surface area (Å²) in [7, 11) is 0. The number of hydrogen-bond acceptors (Lipinski definition) is 2. The summed E-state index contributed by atoms with van der Waals surface area (Å²) in [5.41, 5.74) is 1.36. The van der Waals surface area contributed by atoms with Gasteiger partial charge >= 0.3 is 0 Å². The second-order valence-corrected chi connectivity index (χ2v) is 7.95. The Balaban J connectivity index is 1.58. The highest BCUT2D eigenvalue weighted by Gasteiger charge is 2.66. The smallest absolute Gasteiger partial charge is 0.121 e. The van der Waals surface area contributed by atoms with Crippen molar-refractivity contribution in [3.05, 3.63) is 0 Å². The zero-order chi connectivity index (χ0) is 11.8. The lowest BCUT2D eigenvalue weighted by Gasteiger charge is -2.70. The van der Waals surface area contributed by atoms with Crippen molar-refractivity contribution in [1.82, 2.24) is 5.32 Å². The summed E-state index contributed by atoms with van der Waals surface area (Å²) in [6, 6.07) is 0. The van der Waals surface area contributed by atoms with Crippen LogP contribution < -0.4 is 5.32 Å². The topological polar surface area (TPSA) is 21.3 Å². The van der Waals surface area contributed by atoms with Crippen LogP contribution in [0.4, 0.5) is 0 Å². The van der Waals surface area contributed by atoms with E-state index in [2.05, 4.69) is 19.2 Å². The Morgan fingerprint density at radius 2 is 1.59 bits per heavy atom. The maximum absolute atomic E-state index is 6.72. The summed E-state index contributed by atoms with van der Waals surface area (Å²) in [6.07, 6.45) is 10.7. The molecule has 4 fully saturated rings. The van der Waals surface area contributed by atoms with E-state index in [0.29, 0.717) is 10.8 Å². The van der Waals surface area contributed by atoms with Crippen LogP contribution in [0, 0.1) is 10.8 Å². The Morgan fingerprint density at radius 3 is 2.00 bits per heavy atom. The summed E-state index contributed by atoms with van der Waals surface area (Å²) < 4.78 is 6.72. The Kier molecular flexibility index (Phi) is 1.85. The zero-order valence-corrected chi connectivity index (χ0v) is 11.3. The van der Waals surface area contributed by atoms with Crippen molar-refractivity contribution in [2.24, 2.45) is 10.8 Å². The minimum atomic E-state index is 0.0603. The normalized spacial score (nSPS) is 38.5. The lowest BCUT2D eigenvalue weighted by molar-refractivity contribution is -0.341. The maximum atomic E-state index is 6.72. The van der Waals surface area contributed by atoms with Crippen LogP contribution in [0.1, 0.15) is 65.2 Å². The summed E-state index contributed by atoms with van der Waals surface area (Å²) in [4.78, 5) is 0. The molecule has 1 saturated heterocycles. The number of ether oxygens (including phenoxy) is 1. The monoisotopic (exact) mass is 235 g/mol. The van der Waals surface area contributed by atoms with Crippen molar-refractivity contribution in [3.8, 4) is 0 Å². The van der Waals surface area contributed by atoms with Crippen LogP contribution in [0.5, 0.6) is 0 Å². The van der Waals surface area contributed by atoms with E-state index in [0.717, 1.165) is 0 Å². The minimum absolute atomic E-state index is 0.0603. The molecule has 1 heterocycles. The molecule has 0 unspecified atom stereocenters. The summed E-state index contributed by atoms with van der Waals surface area (Å²) in [5.74, 6) is 0. The number of rotatable bonds is 0. The molecule has 0 radical (unpaired) electrons. The van der Waals surface area contributed by atoms with Crippen molar-refractivity contribution in [3.63, 3.8) is 0 Å². The van der Waals surface area contributed by atoms with Gasteiger partial charge in [-0.3, -0.25) is 5.32 Å². The van der Waals surface area contributed by atoms with Gasteiger partial charge in [0.1, 0.15) is 5.72 Å². The van der Waals surface area contributed by atoms with Crippen LogP contribution in [-0.4, -0.2) is 17.9 Å². The van der Waals surface area contributed by atoms with Gasteiger partial charge in [0.25, 0.3) is 0 Å². The first-order valence-corrected chi connectivity index (χ1v) is 7.44. The quantitative estimate of drug-likeness (QED) is 0.696. The van der Waals surface area contributed by atoms with Crippen LogP contribution in [0.2, 0.25) is 0 Å². The molecule has 1 N–H and O–H groups in total. The lowest BCUT2D eigenvalue weighted by Crippen LogP contribution is -2.76. The van der Waals surface area contributed by atoms with Gasteiger partial charge in [0.15, 0.2) is 0 Å². The van der Waals surface area contributed by atoms with E-state index in [1.807, 2.05) is 0 Å². The Labute approximate surface area is 104 Å². The van der Waals surface area contributed by atoms with Gasteiger partial charge < -0.3 is 4.74 Å². The molecule has 4 aliphatic rings. The molecule has 17 heavy (non-hydrogen) atoms. The van der Waals surface area contributed by atoms with Crippen molar-refractivity contribution in [2.45, 2.75) is 76.5 Å². The third-order valence-electron chi connectivity index (χ3n) is 6.11. The summed E-state index contributed by atoms with van der Waals surface area (Å²) in [6.45, 7) is 5.96. The van der Waals surface area contributed by atoms with Gasteiger partial charge in [-0.15, -0.1) is 0 Å². The van der Waals surface area contributed by atoms with Crippen molar-refractivity contribution >= 4 is 0 Å². The minimum Gasteiger partial charge on any atom is -0.354 e. The average Bonchev–Trinajstić information content (AvgIpc) is 2.09. The summed E-state index contributed by atoms with van der Waals surface area (Å²) in [5, 5.41) is 3.78. The second-order valence-electron chi connectivity index (χ2n) is 7.95. The number of hydrogen-bond donors (Lipinski definition) is 1. The molecule has 0 aromatic carbocycles. The fourth-order valence-corrected chi connectivity index (χ4v) is 5.07. The van der Waals surface area contributed by atoms with Gasteiger partial charge in [-0.05, 0) is 50.4 Å². The summed E-state index contributed by atoms with van der Waals surface area (Å²) >= 11 is 0. The van der Waals surface area contributed by atoms with Gasteiger partial charge in [0, 0.05) is 12.0 Å². The molecule has 2 nitrogen and oxygen atoms in total. The second kappa shape index (κ2) is 2.91. The Hall–Kier alpha value is -0.0800. The largest absolute Gasteiger partial charge is 0.354 e. The molecule has 1 aliphatic heterocycles. The van der Waals surface area contributed by atoms with E-state index in [1.165, 1.54) is 57.9 Å². The Bertz CT molecular complexity index is 344. The molecular formula is C15H25NO. The average molecular weight is 235 g/mol. The fraction of sp³-hybridized carbons (Fsp3) is 1.00. The fourth-order valence-electron chi connectivity index (χ4n) is 5.07. The first-order valence-electron chi connectivity index (χ1n) is 7.44. The zero-order valence-electron chi connectivity index (χ0n) is 11.3. The first-order chi connectivity index (χ1) is 7.99. The van der Waals surface area contributed by atoms with E-state index >= 15 is 0 Å². The van der Waals surface area contributed by atoms with Crippen molar-refractivity contribution < 1.29 is 4.74 Å². The molecule has 3 aliphatic carbocycles. The van der Waals surface area contributed by atoms with E-state index in [4.69, 9.17) is 4.74 Å². The van der Waals surface area contributed by atoms with Gasteiger partial charge in [0.05, 0.1) is 5.60 Å². The van der Waals surface area contributed by atoms with Gasteiger partial charge in [-0.2, -0.15) is 0 Å². The van der Waals surface area contributed by atoms with Crippen LogP contribution in [0.15, 0.2) is 0 Å². The van der Waals surface area contributed by atoms with Crippen molar-refractivity contribution in [1.29, 1.82) is 0 Å². The molecule has 96 valence electrons.